The number of nitrogens with two attached hydrogens (primary N) is 1. The molecule has 2 N–H and O–H groups in total. The molecule has 1 unspecified atom stereocenters. The van der Waals surface area contributed by atoms with Gasteiger partial charge in [-0.1, -0.05) is 18.2 Å². The molecule has 1 amide bonds. The van der Waals surface area contributed by atoms with Crippen LogP contribution in [0.5, 0.6) is 0 Å². The molecule has 122 valence electrons. The second-order valence-corrected chi connectivity index (χ2v) is 6.04. The van der Waals surface area contributed by atoms with E-state index in [4.69, 9.17) is 10.2 Å². The Hall–Kier alpha value is -2.14. The first kappa shape index (κ1) is 15.7. The summed E-state index contributed by atoms with van der Waals surface area (Å²) in [5, 5.41) is 0. The van der Waals surface area contributed by atoms with Crippen molar-refractivity contribution >= 4 is 5.91 Å². The van der Waals surface area contributed by atoms with Crippen LogP contribution in [0.25, 0.3) is 11.5 Å². The molecular weight excluding hydrogens is 290 g/mol. The normalized spacial score (nSPS) is 18.2. The highest BCUT2D eigenvalue weighted by atomic mass is 16.4. The number of carbonyl (C=O) groups is 1. The summed E-state index contributed by atoms with van der Waals surface area (Å²) in [7, 11) is 0. The molecule has 1 saturated heterocycles. The molecule has 1 fully saturated rings. The Morgan fingerprint density at radius 1 is 1.35 bits per heavy atom. The van der Waals surface area contributed by atoms with Crippen molar-refractivity contribution in [3.05, 3.63) is 41.8 Å². The summed E-state index contributed by atoms with van der Waals surface area (Å²) in [5.74, 6) is 1.37. The van der Waals surface area contributed by atoms with Gasteiger partial charge < -0.3 is 15.1 Å². The maximum absolute atomic E-state index is 12.6. The van der Waals surface area contributed by atoms with Crippen LogP contribution in [0.2, 0.25) is 0 Å². The van der Waals surface area contributed by atoms with Gasteiger partial charge in [-0.2, -0.15) is 0 Å². The van der Waals surface area contributed by atoms with Crippen LogP contribution in [0.3, 0.4) is 0 Å². The molecule has 0 saturated carbocycles. The average Bonchev–Trinajstić information content (AvgIpc) is 2.96. The number of nitrogens with zero attached hydrogens (tertiary/aromatic N) is 2. The molecule has 1 atom stereocenters. The van der Waals surface area contributed by atoms with Crippen molar-refractivity contribution in [2.24, 2.45) is 5.73 Å². The fourth-order valence-electron chi connectivity index (χ4n) is 3.11. The van der Waals surface area contributed by atoms with E-state index in [1.165, 1.54) is 0 Å². The first-order chi connectivity index (χ1) is 11.2. The molecule has 23 heavy (non-hydrogen) atoms. The Morgan fingerprint density at radius 2 is 2.13 bits per heavy atom. The van der Waals surface area contributed by atoms with E-state index in [1.54, 1.807) is 0 Å². The van der Waals surface area contributed by atoms with Crippen molar-refractivity contribution in [1.29, 1.82) is 0 Å². The minimum atomic E-state index is 0.0937. The molecule has 1 aliphatic rings. The minimum Gasteiger partial charge on any atom is -0.441 e. The van der Waals surface area contributed by atoms with E-state index in [2.05, 4.69) is 4.98 Å². The summed E-state index contributed by atoms with van der Waals surface area (Å²) in [6.07, 6.45) is 3.47. The second-order valence-electron chi connectivity index (χ2n) is 6.04. The number of aryl methyl sites for hydroxylation is 1. The molecule has 0 aliphatic carbocycles. The lowest BCUT2D eigenvalue weighted by atomic mass is 10.0. The average molecular weight is 313 g/mol. The van der Waals surface area contributed by atoms with E-state index >= 15 is 0 Å². The van der Waals surface area contributed by atoms with E-state index in [-0.39, 0.29) is 18.4 Å². The fraction of sp³-hybridized carbons (Fsp3) is 0.444. The third-order valence-corrected chi connectivity index (χ3v) is 4.45. The van der Waals surface area contributed by atoms with Crippen LogP contribution in [0.15, 0.2) is 34.7 Å². The molecular formula is C18H23N3O2. The highest BCUT2D eigenvalue weighted by Gasteiger charge is 2.26. The SMILES string of the molecule is Cc1oc(-c2ccccc2)nc1CC(=O)N1CCCCC1CN. The van der Waals surface area contributed by atoms with Crippen molar-refractivity contribution in [2.45, 2.75) is 38.6 Å². The molecule has 0 bridgehead atoms. The number of benzene rings is 1. The summed E-state index contributed by atoms with van der Waals surface area (Å²) in [4.78, 5) is 19.1. The van der Waals surface area contributed by atoms with Gasteiger partial charge in [-0.05, 0) is 38.3 Å². The summed E-state index contributed by atoms with van der Waals surface area (Å²) in [5.41, 5.74) is 7.45. The maximum atomic E-state index is 12.6. The van der Waals surface area contributed by atoms with Gasteiger partial charge in [-0.3, -0.25) is 4.79 Å². The number of amides is 1. The van der Waals surface area contributed by atoms with Gasteiger partial charge in [0.15, 0.2) is 0 Å². The maximum Gasteiger partial charge on any atom is 0.229 e. The molecule has 2 heterocycles. The lowest BCUT2D eigenvalue weighted by molar-refractivity contribution is -0.133. The Bertz CT molecular complexity index is 666. The molecule has 3 rings (SSSR count). The zero-order chi connectivity index (χ0) is 16.2. The molecule has 1 aliphatic heterocycles. The number of hydrogen-bond acceptors (Lipinski definition) is 4. The molecule has 1 aromatic carbocycles. The van der Waals surface area contributed by atoms with Crippen LogP contribution in [-0.4, -0.2) is 34.9 Å². The van der Waals surface area contributed by atoms with Crippen LogP contribution in [0.1, 0.15) is 30.7 Å². The van der Waals surface area contributed by atoms with Gasteiger partial charge in [-0.25, -0.2) is 4.98 Å². The molecule has 0 radical (unpaired) electrons. The first-order valence-corrected chi connectivity index (χ1v) is 8.20. The summed E-state index contributed by atoms with van der Waals surface area (Å²) >= 11 is 0. The molecule has 0 spiro atoms. The van der Waals surface area contributed by atoms with Crippen molar-refractivity contribution < 1.29 is 9.21 Å². The lowest BCUT2D eigenvalue weighted by Crippen LogP contribution is -2.48. The van der Waals surface area contributed by atoms with Crippen LogP contribution in [0.4, 0.5) is 0 Å². The molecule has 5 nitrogen and oxygen atoms in total. The van der Waals surface area contributed by atoms with Gasteiger partial charge in [0.05, 0.1) is 12.1 Å². The predicted octanol–water partition coefficient (Wildman–Crippen LogP) is 2.53. The Labute approximate surface area is 136 Å². The van der Waals surface area contributed by atoms with Crippen molar-refractivity contribution in [3.63, 3.8) is 0 Å². The van der Waals surface area contributed by atoms with Crippen molar-refractivity contribution in [1.82, 2.24) is 9.88 Å². The Balaban J connectivity index is 1.75. The molecule has 5 heteroatoms. The number of carbonyl (C=O) groups excluding carboxylic acids is 1. The quantitative estimate of drug-likeness (QED) is 0.941. The highest BCUT2D eigenvalue weighted by Crippen LogP contribution is 2.23. The summed E-state index contributed by atoms with van der Waals surface area (Å²) in [6, 6.07) is 9.90. The third-order valence-electron chi connectivity index (χ3n) is 4.45. The fourth-order valence-corrected chi connectivity index (χ4v) is 3.11. The zero-order valence-corrected chi connectivity index (χ0v) is 13.5. The van der Waals surface area contributed by atoms with E-state index in [0.29, 0.717) is 18.2 Å². The van der Waals surface area contributed by atoms with E-state index in [0.717, 1.165) is 37.1 Å². The van der Waals surface area contributed by atoms with Crippen molar-refractivity contribution in [2.75, 3.05) is 13.1 Å². The topological polar surface area (TPSA) is 72.4 Å². The van der Waals surface area contributed by atoms with Gasteiger partial charge in [-0.15, -0.1) is 0 Å². The van der Waals surface area contributed by atoms with E-state index in [9.17, 15) is 4.79 Å². The number of hydrogen-bond donors (Lipinski definition) is 1. The smallest absolute Gasteiger partial charge is 0.229 e. The number of likely N-dealkylation sites (tertiary alicyclic amines) is 1. The number of piperidine rings is 1. The third kappa shape index (κ3) is 3.45. The largest absolute Gasteiger partial charge is 0.441 e. The monoisotopic (exact) mass is 313 g/mol. The zero-order valence-electron chi connectivity index (χ0n) is 13.5. The van der Waals surface area contributed by atoms with Crippen molar-refractivity contribution in [3.8, 4) is 11.5 Å². The molecule has 2 aromatic rings. The second kappa shape index (κ2) is 6.96. The lowest BCUT2D eigenvalue weighted by Gasteiger charge is -2.35. The predicted molar refractivity (Wildman–Crippen MR) is 88.8 cm³/mol. The minimum absolute atomic E-state index is 0.0937. The van der Waals surface area contributed by atoms with Crippen LogP contribution < -0.4 is 5.73 Å². The first-order valence-electron chi connectivity index (χ1n) is 8.20. The van der Waals surface area contributed by atoms with Crippen LogP contribution in [0, 0.1) is 6.92 Å². The number of rotatable bonds is 4. The van der Waals surface area contributed by atoms with Gasteiger partial charge in [0.25, 0.3) is 0 Å². The van der Waals surface area contributed by atoms with Crippen LogP contribution >= 0.6 is 0 Å². The van der Waals surface area contributed by atoms with Gasteiger partial charge in [0.2, 0.25) is 11.8 Å². The van der Waals surface area contributed by atoms with Gasteiger partial charge in [0.1, 0.15) is 5.76 Å². The number of aromatic nitrogens is 1. The Kier molecular flexibility index (Phi) is 4.76. The highest BCUT2D eigenvalue weighted by molar-refractivity contribution is 5.79. The number of oxazole rings is 1. The van der Waals surface area contributed by atoms with E-state index < -0.39 is 0 Å². The van der Waals surface area contributed by atoms with Crippen LogP contribution in [-0.2, 0) is 11.2 Å². The summed E-state index contributed by atoms with van der Waals surface area (Å²) < 4.78 is 5.74. The Morgan fingerprint density at radius 3 is 2.87 bits per heavy atom. The molecule has 1 aromatic heterocycles. The van der Waals surface area contributed by atoms with Gasteiger partial charge in [0, 0.05) is 24.7 Å². The van der Waals surface area contributed by atoms with Gasteiger partial charge >= 0.3 is 0 Å². The van der Waals surface area contributed by atoms with E-state index in [1.807, 2.05) is 42.2 Å². The standard InChI is InChI=1S/C18H23N3O2/c1-13-16(20-18(23-13)14-7-3-2-4-8-14)11-17(22)21-10-6-5-9-15(21)12-19/h2-4,7-8,15H,5-6,9-12,19H2,1H3. The summed E-state index contributed by atoms with van der Waals surface area (Å²) in [6.45, 7) is 3.18.